The van der Waals surface area contributed by atoms with Crippen LogP contribution in [0.15, 0.2) is 24.3 Å². The van der Waals surface area contributed by atoms with Gasteiger partial charge in [0.2, 0.25) is 0 Å². The predicted octanol–water partition coefficient (Wildman–Crippen LogP) is 5.12. The second kappa shape index (κ2) is 8.58. The van der Waals surface area contributed by atoms with Crippen LogP contribution in [0.3, 0.4) is 0 Å². The molecule has 1 nitrogen and oxygen atoms in total. The van der Waals surface area contributed by atoms with E-state index in [2.05, 4.69) is 50.4 Å². The van der Waals surface area contributed by atoms with Crippen molar-refractivity contribution in [1.29, 1.82) is 0 Å². The maximum absolute atomic E-state index is 3.70. The summed E-state index contributed by atoms with van der Waals surface area (Å²) in [4.78, 5) is 0. The zero-order chi connectivity index (χ0) is 15.1. The normalized spacial score (nSPS) is 18.7. The topological polar surface area (TPSA) is 12.0 Å². The molecule has 1 aromatic carbocycles. The van der Waals surface area contributed by atoms with Crippen molar-refractivity contribution in [2.24, 2.45) is 11.8 Å². The highest BCUT2D eigenvalue weighted by Crippen LogP contribution is 2.31. The molecule has 0 radical (unpaired) electrons. The predicted molar refractivity (Wildman–Crippen MR) is 92.7 cm³/mol. The van der Waals surface area contributed by atoms with Gasteiger partial charge in [0.05, 0.1) is 0 Å². The molecule has 0 amide bonds. The van der Waals surface area contributed by atoms with Gasteiger partial charge in [0.15, 0.2) is 0 Å². The molecule has 1 atom stereocenters. The average Bonchev–Trinajstić information content (AvgIpc) is 2.74. The van der Waals surface area contributed by atoms with Gasteiger partial charge in [-0.1, -0.05) is 76.6 Å². The highest BCUT2D eigenvalue weighted by atomic mass is 14.9. The molecule has 1 heteroatoms. The van der Waals surface area contributed by atoms with Crippen LogP contribution < -0.4 is 5.32 Å². The first kappa shape index (κ1) is 16.5. The third-order valence-corrected chi connectivity index (χ3v) is 5.10. The van der Waals surface area contributed by atoms with Crippen molar-refractivity contribution in [3.05, 3.63) is 35.4 Å². The first-order valence-corrected chi connectivity index (χ1v) is 8.94. The molecule has 1 saturated carbocycles. The molecule has 118 valence electrons. The summed E-state index contributed by atoms with van der Waals surface area (Å²) >= 11 is 0. The van der Waals surface area contributed by atoms with Gasteiger partial charge in [0, 0.05) is 6.04 Å². The van der Waals surface area contributed by atoms with Crippen LogP contribution in [-0.4, -0.2) is 12.6 Å². The molecule has 0 bridgehead atoms. The van der Waals surface area contributed by atoms with E-state index in [9.17, 15) is 0 Å². The Balaban J connectivity index is 2.05. The summed E-state index contributed by atoms with van der Waals surface area (Å²) in [6.45, 7) is 7.96. The molecule has 1 fully saturated rings. The molecule has 0 spiro atoms. The average molecular weight is 287 g/mol. The first-order chi connectivity index (χ1) is 10.2. The van der Waals surface area contributed by atoms with Crippen LogP contribution >= 0.6 is 0 Å². The van der Waals surface area contributed by atoms with E-state index in [0.717, 1.165) is 11.8 Å². The summed E-state index contributed by atoms with van der Waals surface area (Å²) in [5, 5.41) is 3.70. The molecule has 0 saturated heterocycles. The lowest BCUT2D eigenvalue weighted by Gasteiger charge is -2.28. The molecular weight excluding hydrogens is 254 g/mol. The molecule has 1 aliphatic rings. The van der Waals surface area contributed by atoms with Crippen molar-refractivity contribution in [3.8, 4) is 0 Å². The van der Waals surface area contributed by atoms with E-state index in [4.69, 9.17) is 0 Å². The summed E-state index contributed by atoms with van der Waals surface area (Å²) in [6, 6.07) is 9.54. The number of hydrogen-bond donors (Lipinski definition) is 1. The van der Waals surface area contributed by atoms with Crippen LogP contribution in [-0.2, 0) is 6.42 Å². The zero-order valence-corrected chi connectivity index (χ0v) is 14.2. The van der Waals surface area contributed by atoms with Gasteiger partial charge >= 0.3 is 0 Å². The van der Waals surface area contributed by atoms with E-state index in [1.54, 1.807) is 5.56 Å². The second-order valence-corrected chi connectivity index (χ2v) is 7.21. The molecule has 21 heavy (non-hydrogen) atoms. The highest BCUT2D eigenvalue weighted by Gasteiger charge is 2.23. The Hall–Kier alpha value is -0.820. The van der Waals surface area contributed by atoms with Crippen LogP contribution in [0.1, 0.15) is 63.5 Å². The third kappa shape index (κ3) is 5.47. The van der Waals surface area contributed by atoms with Gasteiger partial charge in [-0.15, -0.1) is 0 Å². The Morgan fingerprint density at radius 2 is 1.71 bits per heavy atom. The molecule has 1 aliphatic carbocycles. The molecule has 1 unspecified atom stereocenters. The van der Waals surface area contributed by atoms with Crippen LogP contribution in [0.2, 0.25) is 0 Å². The minimum Gasteiger partial charge on any atom is -0.314 e. The standard InChI is InChI=1S/C20H33N/c1-16(2)21-15-20(18-11-6-4-5-7-12-18)14-19-13-9-8-10-17(19)3/h8-10,13,16,18,20-21H,4-7,11-12,14-15H2,1-3H3. The van der Waals surface area contributed by atoms with E-state index in [0.29, 0.717) is 6.04 Å². The Kier molecular flexibility index (Phi) is 6.76. The number of nitrogens with one attached hydrogen (secondary N) is 1. The van der Waals surface area contributed by atoms with Crippen molar-refractivity contribution in [2.75, 3.05) is 6.54 Å². The van der Waals surface area contributed by atoms with Crippen LogP contribution in [0.25, 0.3) is 0 Å². The summed E-state index contributed by atoms with van der Waals surface area (Å²) in [6.07, 6.45) is 9.91. The fourth-order valence-electron chi connectivity index (χ4n) is 3.70. The van der Waals surface area contributed by atoms with Gasteiger partial charge < -0.3 is 5.32 Å². The molecule has 2 rings (SSSR count). The first-order valence-electron chi connectivity index (χ1n) is 8.94. The minimum absolute atomic E-state index is 0.593. The smallest absolute Gasteiger partial charge is 0.00104 e. The largest absolute Gasteiger partial charge is 0.314 e. The lowest BCUT2D eigenvalue weighted by atomic mass is 9.81. The maximum Gasteiger partial charge on any atom is 0.00104 e. The summed E-state index contributed by atoms with van der Waals surface area (Å²) in [5.41, 5.74) is 3.01. The minimum atomic E-state index is 0.593. The number of aryl methyl sites for hydroxylation is 1. The monoisotopic (exact) mass is 287 g/mol. The highest BCUT2D eigenvalue weighted by molar-refractivity contribution is 5.26. The fourth-order valence-corrected chi connectivity index (χ4v) is 3.70. The Morgan fingerprint density at radius 1 is 1.05 bits per heavy atom. The lowest BCUT2D eigenvalue weighted by molar-refractivity contribution is 0.278. The molecule has 1 N–H and O–H groups in total. The molecule has 0 heterocycles. The van der Waals surface area contributed by atoms with Crippen LogP contribution in [0, 0.1) is 18.8 Å². The quantitative estimate of drug-likeness (QED) is 0.716. The number of benzene rings is 1. The maximum atomic E-state index is 3.70. The summed E-state index contributed by atoms with van der Waals surface area (Å²) < 4.78 is 0. The van der Waals surface area contributed by atoms with Crippen molar-refractivity contribution < 1.29 is 0 Å². The van der Waals surface area contributed by atoms with Crippen LogP contribution in [0.5, 0.6) is 0 Å². The van der Waals surface area contributed by atoms with E-state index >= 15 is 0 Å². The zero-order valence-electron chi connectivity index (χ0n) is 14.2. The van der Waals surface area contributed by atoms with Gasteiger partial charge in [-0.25, -0.2) is 0 Å². The van der Waals surface area contributed by atoms with Gasteiger partial charge in [-0.2, -0.15) is 0 Å². The Morgan fingerprint density at radius 3 is 2.33 bits per heavy atom. The molecular formula is C20H33N. The van der Waals surface area contributed by atoms with Gasteiger partial charge in [0.1, 0.15) is 0 Å². The van der Waals surface area contributed by atoms with Gasteiger partial charge in [0.25, 0.3) is 0 Å². The van der Waals surface area contributed by atoms with Gasteiger partial charge in [-0.05, 0) is 42.9 Å². The molecule has 0 aliphatic heterocycles. The third-order valence-electron chi connectivity index (χ3n) is 5.10. The van der Waals surface area contributed by atoms with E-state index < -0.39 is 0 Å². The lowest BCUT2D eigenvalue weighted by Crippen LogP contribution is -2.34. The Bertz CT molecular complexity index is 402. The fraction of sp³-hybridized carbons (Fsp3) is 0.700. The molecule has 1 aromatic rings. The van der Waals surface area contributed by atoms with Crippen molar-refractivity contribution >= 4 is 0 Å². The van der Waals surface area contributed by atoms with E-state index in [1.165, 1.54) is 57.1 Å². The van der Waals surface area contributed by atoms with Crippen molar-refractivity contribution in [3.63, 3.8) is 0 Å². The number of rotatable bonds is 6. The second-order valence-electron chi connectivity index (χ2n) is 7.21. The Labute approximate surface area is 131 Å². The summed E-state index contributed by atoms with van der Waals surface area (Å²) in [7, 11) is 0. The van der Waals surface area contributed by atoms with E-state index in [-0.39, 0.29) is 0 Å². The van der Waals surface area contributed by atoms with Crippen LogP contribution in [0.4, 0.5) is 0 Å². The SMILES string of the molecule is Cc1ccccc1CC(CNC(C)C)C1CCCCCC1. The van der Waals surface area contributed by atoms with Crippen molar-refractivity contribution in [1.82, 2.24) is 5.32 Å². The number of hydrogen-bond acceptors (Lipinski definition) is 1. The van der Waals surface area contributed by atoms with E-state index in [1.807, 2.05) is 0 Å². The summed E-state index contributed by atoms with van der Waals surface area (Å²) in [5.74, 6) is 1.71. The van der Waals surface area contributed by atoms with Crippen molar-refractivity contribution in [2.45, 2.75) is 71.8 Å². The molecule has 0 aromatic heterocycles. The van der Waals surface area contributed by atoms with Gasteiger partial charge in [-0.3, -0.25) is 0 Å².